The SMILES string of the molecule is CCOC(=O)C(C#N)=CC=CN(CCOC)CCOC. The van der Waals surface area contributed by atoms with Crippen LogP contribution < -0.4 is 0 Å². The summed E-state index contributed by atoms with van der Waals surface area (Å²) in [5, 5.41) is 8.86. The van der Waals surface area contributed by atoms with Crippen molar-refractivity contribution in [3.05, 3.63) is 23.9 Å². The minimum Gasteiger partial charge on any atom is -0.462 e. The summed E-state index contributed by atoms with van der Waals surface area (Å²) >= 11 is 0. The van der Waals surface area contributed by atoms with E-state index in [1.54, 1.807) is 33.4 Å². The lowest BCUT2D eigenvalue weighted by Crippen LogP contribution is -2.25. The average molecular weight is 282 g/mol. The third kappa shape index (κ3) is 8.29. The Balaban J connectivity index is 4.57. The molecule has 0 amide bonds. The summed E-state index contributed by atoms with van der Waals surface area (Å²) in [6.07, 6.45) is 4.86. The van der Waals surface area contributed by atoms with E-state index >= 15 is 0 Å². The van der Waals surface area contributed by atoms with Crippen LogP contribution in [0.15, 0.2) is 23.9 Å². The third-order valence-electron chi connectivity index (χ3n) is 2.34. The van der Waals surface area contributed by atoms with Gasteiger partial charge in [-0.1, -0.05) is 0 Å². The molecule has 0 aliphatic carbocycles. The van der Waals surface area contributed by atoms with Crippen LogP contribution in [0.1, 0.15) is 6.92 Å². The van der Waals surface area contributed by atoms with E-state index in [0.29, 0.717) is 26.3 Å². The summed E-state index contributed by atoms with van der Waals surface area (Å²) in [6.45, 7) is 4.51. The summed E-state index contributed by atoms with van der Waals surface area (Å²) in [5.41, 5.74) is -0.0264. The normalized spacial score (nSPS) is 11.4. The maximum Gasteiger partial charge on any atom is 0.348 e. The van der Waals surface area contributed by atoms with Gasteiger partial charge in [-0.2, -0.15) is 5.26 Å². The van der Waals surface area contributed by atoms with Gasteiger partial charge in [-0.3, -0.25) is 0 Å². The Hall–Kier alpha value is -1.84. The molecule has 112 valence electrons. The number of carbonyl (C=O) groups excluding carboxylic acids is 1. The van der Waals surface area contributed by atoms with Gasteiger partial charge in [-0.25, -0.2) is 4.79 Å². The molecule has 6 nitrogen and oxygen atoms in total. The van der Waals surface area contributed by atoms with E-state index < -0.39 is 5.97 Å². The van der Waals surface area contributed by atoms with Gasteiger partial charge in [0.05, 0.1) is 19.8 Å². The van der Waals surface area contributed by atoms with E-state index in [0.717, 1.165) is 0 Å². The maximum absolute atomic E-state index is 11.4. The summed E-state index contributed by atoms with van der Waals surface area (Å²) < 4.78 is 14.8. The van der Waals surface area contributed by atoms with Crippen molar-refractivity contribution < 1.29 is 19.0 Å². The monoisotopic (exact) mass is 282 g/mol. The van der Waals surface area contributed by atoms with Crippen LogP contribution in [0, 0.1) is 11.3 Å². The molecule has 0 aromatic heterocycles. The van der Waals surface area contributed by atoms with Crippen LogP contribution in [0.2, 0.25) is 0 Å². The Morgan fingerprint density at radius 3 is 2.30 bits per heavy atom. The molecule has 6 heteroatoms. The number of methoxy groups -OCH3 is 2. The molecule has 0 fully saturated rings. The summed E-state index contributed by atoms with van der Waals surface area (Å²) in [7, 11) is 3.26. The van der Waals surface area contributed by atoms with Crippen LogP contribution in [-0.2, 0) is 19.0 Å². The molecule has 0 rings (SSSR count). The molecule has 0 aliphatic heterocycles. The second-order valence-corrected chi connectivity index (χ2v) is 3.78. The smallest absolute Gasteiger partial charge is 0.348 e. The molecule has 0 aliphatic rings. The van der Waals surface area contributed by atoms with Crippen LogP contribution in [0.25, 0.3) is 0 Å². The molecule has 0 heterocycles. The lowest BCUT2D eigenvalue weighted by molar-refractivity contribution is -0.138. The molecule has 0 aromatic rings. The molecule has 0 saturated heterocycles. The minimum atomic E-state index is -0.611. The highest BCUT2D eigenvalue weighted by molar-refractivity contribution is 5.93. The molecule has 0 aromatic carbocycles. The van der Waals surface area contributed by atoms with E-state index in [9.17, 15) is 4.79 Å². The van der Waals surface area contributed by atoms with Crippen molar-refractivity contribution in [2.45, 2.75) is 6.92 Å². The Morgan fingerprint density at radius 2 is 1.85 bits per heavy atom. The molecule has 0 N–H and O–H groups in total. The zero-order valence-electron chi connectivity index (χ0n) is 12.3. The van der Waals surface area contributed by atoms with Gasteiger partial charge >= 0.3 is 5.97 Å². The standard InChI is InChI=1S/C14H22N2O4/c1-4-20-14(17)13(12-15)6-5-7-16(8-10-18-2)9-11-19-3/h5-7H,4,8-11H2,1-3H3. The van der Waals surface area contributed by atoms with Gasteiger partial charge in [0.25, 0.3) is 0 Å². The first-order valence-electron chi connectivity index (χ1n) is 6.37. The highest BCUT2D eigenvalue weighted by atomic mass is 16.5. The zero-order chi connectivity index (χ0) is 15.2. The predicted octanol–water partition coefficient (Wildman–Crippen LogP) is 1.11. The van der Waals surface area contributed by atoms with Crippen molar-refractivity contribution in [3.63, 3.8) is 0 Å². The topological polar surface area (TPSA) is 71.8 Å². The maximum atomic E-state index is 11.4. The van der Waals surface area contributed by atoms with Crippen LogP contribution in [0.5, 0.6) is 0 Å². The van der Waals surface area contributed by atoms with Crippen LogP contribution >= 0.6 is 0 Å². The Kier molecular flexibility index (Phi) is 11.1. The first kappa shape index (κ1) is 18.2. The first-order chi connectivity index (χ1) is 9.69. The number of nitriles is 1. The highest BCUT2D eigenvalue weighted by Crippen LogP contribution is 1.99. The Labute approximate surface area is 120 Å². The molecule has 0 unspecified atom stereocenters. The highest BCUT2D eigenvalue weighted by Gasteiger charge is 2.07. The van der Waals surface area contributed by atoms with Gasteiger partial charge in [-0.15, -0.1) is 0 Å². The largest absolute Gasteiger partial charge is 0.462 e. The fourth-order valence-electron chi connectivity index (χ4n) is 1.30. The Bertz CT molecular complexity index is 364. The van der Waals surface area contributed by atoms with E-state index in [1.807, 2.05) is 11.0 Å². The number of esters is 1. The third-order valence-corrected chi connectivity index (χ3v) is 2.34. The number of allylic oxidation sites excluding steroid dienone is 2. The van der Waals surface area contributed by atoms with E-state index in [1.165, 1.54) is 6.08 Å². The molecular formula is C14H22N2O4. The molecule has 0 saturated carbocycles. The van der Waals surface area contributed by atoms with Gasteiger partial charge in [0.2, 0.25) is 0 Å². The number of hydrogen-bond acceptors (Lipinski definition) is 6. The number of hydrogen-bond donors (Lipinski definition) is 0. The van der Waals surface area contributed by atoms with E-state index in [2.05, 4.69) is 0 Å². The van der Waals surface area contributed by atoms with E-state index in [-0.39, 0.29) is 12.2 Å². The summed E-state index contributed by atoms with van der Waals surface area (Å²) in [5.74, 6) is -0.611. The number of nitrogens with zero attached hydrogens (tertiary/aromatic N) is 2. The van der Waals surface area contributed by atoms with Crippen molar-refractivity contribution in [1.82, 2.24) is 4.90 Å². The van der Waals surface area contributed by atoms with Gasteiger partial charge < -0.3 is 19.1 Å². The molecule has 20 heavy (non-hydrogen) atoms. The molecule has 0 spiro atoms. The van der Waals surface area contributed by atoms with Crippen molar-refractivity contribution in [3.8, 4) is 6.07 Å². The number of ether oxygens (including phenoxy) is 3. The summed E-state index contributed by atoms with van der Waals surface area (Å²) in [6, 6.07) is 1.81. The van der Waals surface area contributed by atoms with Gasteiger partial charge in [-0.05, 0) is 25.3 Å². The molecule has 0 radical (unpaired) electrons. The second-order valence-electron chi connectivity index (χ2n) is 3.78. The van der Waals surface area contributed by atoms with E-state index in [4.69, 9.17) is 19.5 Å². The van der Waals surface area contributed by atoms with Crippen molar-refractivity contribution in [2.24, 2.45) is 0 Å². The van der Waals surface area contributed by atoms with Gasteiger partial charge in [0.15, 0.2) is 0 Å². The lowest BCUT2D eigenvalue weighted by atomic mass is 10.2. The van der Waals surface area contributed by atoms with Crippen molar-refractivity contribution in [2.75, 3.05) is 47.1 Å². The second kappa shape index (κ2) is 12.2. The fraction of sp³-hybridized carbons (Fsp3) is 0.571. The molecule has 0 atom stereocenters. The van der Waals surface area contributed by atoms with Gasteiger partial charge in [0, 0.05) is 27.3 Å². The Morgan fingerprint density at radius 1 is 1.25 bits per heavy atom. The zero-order valence-corrected chi connectivity index (χ0v) is 12.3. The number of carbonyl (C=O) groups is 1. The predicted molar refractivity (Wildman–Crippen MR) is 74.8 cm³/mol. The fourth-order valence-corrected chi connectivity index (χ4v) is 1.30. The van der Waals surface area contributed by atoms with Gasteiger partial charge in [0.1, 0.15) is 11.6 Å². The minimum absolute atomic E-state index is 0.0264. The quantitative estimate of drug-likeness (QED) is 0.259. The lowest BCUT2D eigenvalue weighted by Gasteiger charge is -2.19. The van der Waals surface area contributed by atoms with Crippen LogP contribution in [0.4, 0.5) is 0 Å². The molecular weight excluding hydrogens is 260 g/mol. The van der Waals surface area contributed by atoms with Crippen LogP contribution in [-0.4, -0.2) is 58.0 Å². The number of rotatable bonds is 10. The van der Waals surface area contributed by atoms with Crippen molar-refractivity contribution in [1.29, 1.82) is 5.26 Å². The average Bonchev–Trinajstić information content (AvgIpc) is 2.45. The first-order valence-corrected chi connectivity index (χ1v) is 6.37. The summed E-state index contributed by atoms with van der Waals surface area (Å²) in [4.78, 5) is 13.4. The van der Waals surface area contributed by atoms with Crippen LogP contribution in [0.3, 0.4) is 0 Å². The molecule has 0 bridgehead atoms. The van der Waals surface area contributed by atoms with Crippen molar-refractivity contribution >= 4 is 5.97 Å².